The van der Waals surface area contributed by atoms with Gasteiger partial charge in [-0.05, 0) is 52.6 Å². The van der Waals surface area contributed by atoms with Gasteiger partial charge in [0.15, 0.2) is 0 Å². The number of methoxy groups -OCH3 is 1. The van der Waals surface area contributed by atoms with Crippen LogP contribution in [0.4, 0.5) is 0 Å². The van der Waals surface area contributed by atoms with Crippen molar-refractivity contribution in [2.24, 2.45) is 5.92 Å². The van der Waals surface area contributed by atoms with E-state index in [4.69, 9.17) is 4.74 Å². The molecule has 1 heterocycles. The zero-order chi connectivity index (χ0) is 20.6. The zero-order valence-electron chi connectivity index (χ0n) is 16.8. The van der Waals surface area contributed by atoms with Gasteiger partial charge in [0.05, 0.1) is 24.6 Å². The molecule has 1 N–H and O–H groups in total. The van der Waals surface area contributed by atoms with Gasteiger partial charge >= 0.3 is 0 Å². The standard InChI is InChI=1S/C21H25N5O2S/c1-15(2)13-19(16-7-5-4-6-8-16)22-20(27)14-29-21-23-24-25-26(21)17-9-11-18(28-3)12-10-17/h4-12,15,19H,13-14H2,1-3H3,(H,22,27)/t19-/m1/s1. The smallest absolute Gasteiger partial charge is 0.230 e. The molecule has 0 spiro atoms. The summed E-state index contributed by atoms with van der Waals surface area (Å²) in [5.41, 5.74) is 1.92. The van der Waals surface area contributed by atoms with E-state index < -0.39 is 0 Å². The Bertz CT molecular complexity index is 912. The van der Waals surface area contributed by atoms with Crippen LogP contribution in [0.2, 0.25) is 0 Å². The fourth-order valence-electron chi connectivity index (χ4n) is 2.96. The monoisotopic (exact) mass is 411 g/mol. The third-order valence-corrected chi connectivity index (χ3v) is 5.25. The molecule has 0 fully saturated rings. The van der Waals surface area contributed by atoms with Crippen molar-refractivity contribution in [1.82, 2.24) is 25.5 Å². The van der Waals surface area contributed by atoms with Gasteiger partial charge < -0.3 is 10.1 Å². The summed E-state index contributed by atoms with van der Waals surface area (Å²) in [5, 5.41) is 15.5. The first-order chi connectivity index (χ1) is 14.1. The van der Waals surface area contributed by atoms with E-state index in [9.17, 15) is 4.79 Å². The number of rotatable bonds is 9. The largest absolute Gasteiger partial charge is 0.497 e. The minimum Gasteiger partial charge on any atom is -0.497 e. The van der Waals surface area contributed by atoms with Gasteiger partial charge in [0, 0.05) is 0 Å². The fraction of sp³-hybridized carbons (Fsp3) is 0.333. The number of aromatic nitrogens is 4. The number of thioether (sulfide) groups is 1. The molecule has 0 radical (unpaired) electrons. The van der Waals surface area contributed by atoms with Gasteiger partial charge in [0.1, 0.15) is 5.75 Å². The highest BCUT2D eigenvalue weighted by Gasteiger charge is 2.17. The number of nitrogens with one attached hydrogen (secondary N) is 1. The molecule has 0 aliphatic carbocycles. The number of carbonyl (C=O) groups is 1. The van der Waals surface area contributed by atoms with Gasteiger partial charge in [-0.1, -0.05) is 55.9 Å². The molecule has 2 aromatic carbocycles. The molecular weight excluding hydrogens is 386 g/mol. The van der Waals surface area contributed by atoms with Gasteiger partial charge in [-0.15, -0.1) is 5.10 Å². The molecule has 3 aromatic rings. The minimum atomic E-state index is -0.0474. The van der Waals surface area contributed by atoms with Crippen molar-refractivity contribution in [3.8, 4) is 11.4 Å². The Labute approximate surface area is 174 Å². The number of ether oxygens (including phenoxy) is 1. The van der Waals surface area contributed by atoms with Gasteiger partial charge in [0.25, 0.3) is 0 Å². The van der Waals surface area contributed by atoms with Crippen LogP contribution in [0.3, 0.4) is 0 Å². The molecule has 1 atom stereocenters. The molecular formula is C21H25N5O2S. The van der Waals surface area contributed by atoms with Gasteiger partial charge in [-0.3, -0.25) is 4.79 Å². The summed E-state index contributed by atoms with van der Waals surface area (Å²) in [6, 6.07) is 17.5. The molecule has 0 unspecified atom stereocenters. The number of nitrogens with zero attached hydrogens (tertiary/aromatic N) is 4. The Morgan fingerprint density at radius 3 is 2.52 bits per heavy atom. The Morgan fingerprint density at radius 2 is 1.86 bits per heavy atom. The second-order valence-corrected chi connectivity index (χ2v) is 7.96. The topological polar surface area (TPSA) is 81.9 Å². The van der Waals surface area contributed by atoms with Crippen LogP contribution in [0.1, 0.15) is 31.9 Å². The van der Waals surface area contributed by atoms with Crippen molar-refractivity contribution in [2.45, 2.75) is 31.5 Å². The first kappa shape index (κ1) is 20.9. The Morgan fingerprint density at radius 1 is 1.14 bits per heavy atom. The highest BCUT2D eigenvalue weighted by atomic mass is 32.2. The van der Waals surface area contributed by atoms with Crippen LogP contribution in [0.15, 0.2) is 59.8 Å². The molecule has 0 saturated heterocycles. The second kappa shape index (κ2) is 10.1. The van der Waals surface area contributed by atoms with Gasteiger partial charge in [-0.25, -0.2) is 0 Å². The third-order valence-electron chi connectivity index (χ3n) is 4.33. The molecule has 3 rings (SSSR count). The van der Waals surface area contributed by atoms with E-state index in [1.165, 1.54) is 11.8 Å². The van der Waals surface area contributed by atoms with Crippen molar-refractivity contribution in [1.29, 1.82) is 0 Å². The van der Waals surface area contributed by atoms with Crippen LogP contribution in [0.25, 0.3) is 5.69 Å². The molecule has 152 valence electrons. The van der Waals surface area contributed by atoms with Crippen LogP contribution >= 0.6 is 11.8 Å². The molecule has 7 nitrogen and oxygen atoms in total. The van der Waals surface area contributed by atoms with E-state index >= 15 is 0 Å². The Balaban J connectivity index is 1.63. The summed E-state index contributed by atoms with van der Waals surface area (Å²) in [6.45, 7) is 4.31. The quantitative estimate of drug-likeness (QED) is 0.541. The second-order valence-electron chi connectivity index (χ2n) is 7.02. The average Bonchev–Trinajstić information content (AvgIpc) is 3.21. The van der Waals surface area contributed by atoms with Crippen LogP contribution in [0, 0.1) is 5.92 Å². The number of hydrogen-bond donors (Lipinski definition) is 1. The molecule has 0 saturated carbocycles. The van der Waals surface area contributed by atoms with Crippen molar-refractivity contribution in [2.75, 3.05) is 12.9 Å². The first-order valence-electron chi connectivity index (χ1n) is 9.46. The molecule has 1 aromatic heterocycles. The Hall–Kier alpha value is -2.87. The van der Waals surface area contributed by atoms with Gasteiger partial charge in [-0.2, -0.15) is 4.68 Å². The van der Waals surface area contributed by atoms with E-state index in [0.29, 0.717) is 11.1 Å². The lowest BCUT2D eigenvalue weighted by Crippen LogP contribution is -2.31. The summed E-state index contributed by atoms with van der Waals surface area (Å²) >= 11 is 1.31. The van der Waals surface area contributed by atoms with Crippen molar-refractivity contribution in [3.05, 3.63) is 60.2 Å². The van der Waals surface area contributed by atoms with Crippen molar-refractivity contribution >= 4 is 17.7 Å². The van der Waals surface area contributed by atoms with Crippen LogP contribution in [0.5, 0.6) is 5.75 Å². The van der Waals surface area contributed by atoms with E-state index in [2.05, 4.69) is 34.7 Å². The maximum absolute atomic E-state index is 12.6. The van der Waals surface area contributed by atoms with Crippen molar-refractivity contribution < 1.29 is 9.53 Å². The van der Waals surface area contributed by atoms with Crippen LogP contribution in [-0.2, 0) is 4.79 Å². The molecule has 1 amide bonds. The predicted octanol–water partition coefficient (Wildman–Crippen LogP) is 3.67. The number of hydrogen-bond acceptors (Lipinski definition) is 6. The summed E-state index contributed by atoms with van der Waals surface area (Å²) in [6.07, 6.45) is 0.879. The van der Waals surface area contributed by atoms with Gasteiger partial charge in [0.2, 0.25) is 11.1 Å². The SMILES string of the molecule is COc1ccc(-n2nnnc2SCC(=O)N[C@H](CC(C)C)c2ccccc2)cc1. The number of amides is 1. The average molecular weight is 412 g/mol. The fourth-order valence-corrected chi connectivity index (χ4v) is 3.66. The maximum Gasteiger partial charge on any atom is 0.230 e. The molecule has 29 heavy (non-hydrogen) atoms. The predicted molar refractivity (Wildman–Crippen MR) is 113 cm³/mol. The summed E-state index contributed by atoms with van der Waals surface area (Å²) in [5.74, 6) is 1.41. The number of tetrazole rings is 1. The highest BCUT2D eigenvalue weighted by molar-refractivity contribution is 7.99. The lowest BCUT2D eigenvalue weighted by Gasteiger charge is -2.21. The first-order valence-corrected chi connectivity index (χ1v) is 10.4. The molecule has 0 bridgehead atoms. The molecule has 8 heteroatoms. The van der Waals surface area contributed by atoms with E-state index in [-0.39, 0.29) is 17.7 Å². The van der Waals surface area contributed by atoms with Crippen molar-refractivity contribution in [3.63, 3.8) is 0 Å². The van der Waals surface area contributed by atoms with E-state index in [1.807, 2.05) is 54.6 Å². The normalized spacial score (nSPS) is 12.0. The lowest BCUT2D eigenvalue weighted by atomic mass is 9.97. The van der Waals surface area contributed by atoms with E-state index in [1.54, 1.807) is 11.8 Å². The van der Waals surface area contributed by atoms with Crippen LogP contribution in [-0.4, -0.2) is 39.0 Å². The maximum atomic E-state index is 12.6. The summed E-state index contributed by atoms with van der Waals surface area (Å²) < 4.78 is 6.79. The minimum absolute atomic E-state index is 0.0121. The Kier molecular flexibility index (Phi) is 7.24. The highest BCUT2D eigenvalue weighted by Crippen LogP contribution is 2.23. The molecule has 0 aliphatic heterocycles. The summed E-state index contributed by atoms with van der Waals surface area (Å²) in [4.78, 5) is 12.6. The number of carbonyl (C=O) groups excluding carboxylic acids is 1. The number of benzene rings is 2. The summed E-state index contributed by atoms with van der Waals surface area (Å²) in [7, 11) is 1.62. The zero-order valence-corrected chi connectivity index (χ0v) is 17.6. The third kappa shape index (κ3) is 5.80. The molecule has 0 aliphatic rings. The lowest BCUT2D eigenvalue weighted by molar-refractivity contribution is -0.119. The van der Waals surface area contributed by atoms with Crippen LogP contribution < -0.4 is 10.1 Å². The van der Waals surface area contributed by atoms with E-state index in [0.717, 1.165) is 23.4 Å².